The van der Waals surface area contributed by atoms with Gasteiger partial charge in [-0.15, -0.1) is 0 Å². The van der Waals surface area contributed by atoms with E-state index < -0.39 is 17.0 Å². The molecule has 3 rings (SSSR count). The summed E-state index contributed by atoms with van der Waals surface area (Å²) in [5.74, 6) is -0.277. The monoisotopic (exact) mass is 441 g/mol. The molecule has 0 unspecified atom stereocenters. The normalized spacial score (nSPS) is 15.5. The predicted molar refractivity (Wildman–Crippen MR) is 107 cm³/mol. The van der Waals surface area contributed by atoms with E-state index in [1.807, 2.05) is 0 Å². The topological polar surface area (TPSA) is 55.8 Å². The van der Waals surface area contributed by atoms with Crippen molar-refractivity contribution >= 4 is 52.2 Å². The minimum atomic E-state index is -0.585. The number of methoxy groups -OCH3 is 2. The number of benzene rings is 2. The van der Waals surface area contributed by atoms with Crippen LogP contribution in [0.3, 0.4) is 0 Å². The zero-order valence-corrected chi connectivity index (χ0v) is 17.1. The van der Waals surface area contributed by atoms with Crippen LogP contribution in [-0.4, -0.2) is 30.3 Å². The number of carbonyl (C=O) groups is 2. The van der Waals surface area contributed by atoms with Crippen LogP contribution in [0.25, 0.3) is 6.08 Å². The first-order chi connectivity index (χ1) is 13.3. The average molecular weight is 442 g/mol. The Hall–Kier alpha value is -2.22. The average Bonchev–Trinajstić information content (AvgIpc) is 2.93. The highest BCUT2D eigenvalue weighted by molar-refractivity contribution is 8.18. The standard InChI is InChI=1S/C19H14Cl2FNO4S/c1-26-15-6-10(13(21)8-16(15)27-2)7-17-18(24)23(19(25)28-17)9-11-12(20)4-3-5-14(11)22/h3-8H,9H2,1-2H3/b17-7-. The second kappa shape index (κ2) is 8.43. The van der Waals surface area contributed by atoms with Gasteiger partial charge in [-0.05, 0) is 41.6 Å². The van der Waals surface area contributed by atoms with Gasteiger partial charge < -0.3 is 9.47 Å². The molecule has 2 aromatic carbocycles. The van der Waals surface area contributed by atoms with Crippen molar-refractivity contribution in [1.82, 2.24) is 4.90 Å². The Morgan fingerprint density at radius 1 is 1.11 bits per heavy atom. The Kier molecular flexibility index (Phi) is 6.17. The molecule has 0 radical (unpaired) electrons. The van der Waals surface area contributed by atoms with Crippen LogP contribution in [0.2, 0.25) is 10.0 Å². The molecular formula is C19H14Cl2FNO4S. The van der Waals surface area contributed by atoms with Gasteiger partial charge in [-0.1, -0.05) is 29.3 Å². The number of rotatable bonds is 5. The molecule has 1 aliphatic rings. The number of nitrogens with zero attached hydrogens (tertiary/aromatic N) is 1. The van der Waals surface area contributed by atoms with Crippen LogP contribution in [0, 0.1) is 5.82 Å². The molecule has 146 valence electrons. The van der Waals surface area contributed by atoms with E-state index >= 15 is 0 Å². The van der Waals surface area contributed by atoms with Crippen molar-refractivity contribution in [1.29, 1.82) is 0 Å². The Balaban J connectivity index is 1.92. The Morgan fingerprint density at radius 3 is 2.43 bits per heavy atom. The molecule has 28 heavy (non-hydrogen) atoms. The van der Waals surface area contributed by atoms with Crippen LogP contribution in [0.1, 0.15) is 11.1 Å². The molecule has 0 bridgehead atoms. The maximum absolute atomic E-state index is 14.0. The second-order valence-electron chi connectivity index (χ2n) is 5.70. The lowest BCUT2D eigenvalue weighted by Gasteiger charge is -2.14. The fourth-order valence-electron chi connectivity index (χ4n) is 2.60. The van der Waals surface area contributed by atoms with Gasteiger partial charge in [0.05, 0.1) is 30.7 Å². The smallest absolute Gasteiger partial charge is 0.293 e. The SMILES string of the molecule is COc1cc(Cl)c(/C=C2\SC(=O)N(Cc3c(F)cccc3Cl)C2=O)cc1OC. The Labute approximate surface area is 175 Å². The minimum Gasteiger partial charge on any atom is -0.493 e. The lowest BCUT2D eigenvalue weighted by Crippen LogP contribution is -2.28. The van der Waals surface area contributed by atoms with E-state index in [2.05, 4.69) is 0 Å². The third-order valence-electron chi connectivity index (χ3n) is 4.04. The summed E-state index contributed by atoms with van der Waals surface area (Å²) in [6.07, 6.45) is 1.48. The van der Waals surface area contributed by atoms with E-state index in [0.717, 1.165) is 16.7 Å². The maximum atomic E-state index is 14.0. The maximum Gasteiger partial charge on any atom is 0.293 e. The van der Waals surface area contributed by atoms with Crippen LogP contribution < -0.4 is 9.47 Å². The highest BCUT2D eigenvalue weighted by Crippen LogP contribution is 2.38. The van der Waals surface area contributed by atoms with Gasteiger partial charge in [0, 0.05) is 16.7 Å². The summed E-state index contributed by atoms with van der Waals surface area (Å²) in [5, 5.41) is -0.0558. The van der Waals surface area contributed by atoms with Crippen LogP contribution in [0.4, 0.5) is 9.18 Å². The first kappa shape index (κ1) is 20.5. The van der Waals surface area contributed by atoms with E-state index in [9.17, 15) is 14.0 Å². The quantitative estimate of drug-likeness (QED) is 0.582. The molecule has 0 aliphatic carbocycles. The summed E-state index contributed by atoms with van der Waals surface area (Å²) >= 11 is 13.0. The lowest BCUT2D eigenvalue weighted by atomic mass is 10.1. The molecule has 1 saturated heterocycles. The zero-order valence-electron chi connectivity index (χ0n) is 14.8. The third-order valence-corrected chi connectivity index (χ3v) is 5.63. The molecule has 9 heteroatoms. The molecule has 2 amide bonds. The predicted octanol–water partition coefficient (Wildman–Crippen LogP) is 5.39. The largest absolute Gasteiger partial charge is 0.493 e. The summed E-state index contributed by atoms with van der Waals surface area (Å²) in [5.41, 5.74) is 0.561. The van der Waals surface area contributed by atoms with E-state index in [1.165, 1.54) is 38.5 Å². The van der Waals surface area contributed by atoms with Crippen molar-refractivity contribution in [3.63, 3.8) is 0 Å². The van der Waals surface area contributed by atoms with Gasteiger partial charge in [0.15, 0.2) is 11.5 Å². The molecule has 5 nitrogen and oxygen atoms in total. The first-order valence-corrected chi connectivity index (χ1v) is 9.52. The van der Waals surface area contributed by atoms with E-state index in [-0.39, 0.29) is 22.0 Å². The van der Waals surface area contributed by atoms with E-state index in [0.29, 0.717) is 22.1 Å². The minimum absolute atomic E-state index is 0.0804. The molecule has 2 aromatic rings. The van der Waals surface area contributed by atoms with Crippen LogP contribution in [-0.2, 0) is 11.3 Å². The second-order valence-corrected chi connectivity index (χ2v) is 7.50. The first-order valence-electron chi connectivity index (χ1n) is 7.95. The fraction of sp³-hybridized carbons (Fsp3) is 0.158. The van der Waals surface area contributed by atoms with Crippen molar-refractivity contribution in [2.24, 2.45) is 0 Å². The Bertz CT molecular complexity index is 976. The van der Waals surface area contributed by atoms with Gasteiger partial charge in [-0.25, -0.2) is 4.39 Å². The van der Waals surface area contributed by atoms with E-state index in [4.69, 9.17) is 32.7 Å². The highest BCUT2D eigenvalue weighted by Gasteiger charge is 2.36. The molecule has 1 aliphatic heterocycles. The van der Waals surface area contributed by atoms with Crippen molar-refractivity contribution in [3.05, 3.63) is 62.2 Å². The molecule has 1 fully saturated rings. The number of hydrogen-bond donors (Lipinski definition) is 0. The number of halogens is 3. The molecule has 0 spiro atoms. The van der Waals surface area contributed by atoms with Gasteiger partial charge in [0.25, 0.3) is 11.1 Å². The van der Waals surface area contributed by atoms with Crippen molar-refractivity contribution in [3.8, 4) is 11.5 Å². The van der Waals surface area contributed by atoms with Gasteiger partial charge in [-0.2, -0.15) is 0 Å². The number of hydrogen-bond acceptors (Lipinski definition) is 5. The number of carbonyl (C=O) groups excluding carboxylic acids is 2. The number of ether oxygens (including phenoxy) is 2. The highest BCUT2D eigenvalue weighted by atomic mass is 35.5. The summed E-state index contributed by atoms with van der Waals surface area (Å²) in [6, 6.07) is 7.32. The molecule has 0 saturated carbocycles. The lowest BCUT2D eigenvalue weighted by molar-refractivity contribution is -0.123. The molecule has 0 N–H and O–H groups in total. The Morgan fingerprint density at radius 2 is 1.79 bits per heavy atom. The molecular weight excluding hydrogens is 428 g/mol. The van der Waals surface area contributed by atoms with Crippen molar-refractivity contribution in [2.45, 2.75) is 6.54 Å². The van der Waals surface area contributed by atoms with Gasteiger partial charge in [0.1, 0.15) is 5.82 Å². The van der Waals surface area contributed by atoms with Crippen molar-refractivity contribution < 1.29 is 23.5 Å². The summed E-state index contributed by atoms with van der Waals surface area (Å²) in [6.45, 7) is -0.257. The van der Waals surface area contributed by atoms with Crippen LogP contribution in [0.5, 0.6) is 11.5 Å². The number of amides is 2. The number of imide groups is 1. The fourth-order valence-corrected chi connectivity index (χ4v) is 3.86. The number of thioether (sulfide) groups is 1. The van der Waals surface area contributed by atoms with Crippen LogP contribution >= 0.6 is 35.0 Å². The zero-order chi connectivity index (χ0) is 20.4. The molecule has 0 atom stereocenters. The van der Waals surface area contributed by atoms with Crippen LogP contribution in [0.15, 0.2) is 35.2 Å². The third kappa shape index (κ3) is 3.97. The molecule has 1 heterocycles. The van der Waals surface area contributed by atoms with Gasteiger partial charge in [0.2, 0.25) is 0 Å². The van der Waals surface area contributed by atoms with Gasteiger partial charge in [-0.3, -0.25) is 14.5 Å². The summed E-state index contributed by atoms with van der Waals surface area (Å²) in [4.78, 5) is 26.1. The van der Waals surface area contributed by atoms with Gasteiger partial charge >= 0.3 is 0 Å². The molecule has 0 aromatic heterocycles. The van der Waals surface area contributed by atoms with E-state index in [1.54, 1.807) is 12.1 Å². The van der Waals surface area contributed by atoms with Crippen molar-refractivity contribution in [2.75, 3.05) is 14.2 Å². The summed E-state index contributed by atoms with van der Waals surface area (Å²) in [7, 11) is 2.95. The summed E-state index contributed by atoms with van der Waals surface area (Å²) < 4.78 is 24.4.